The van der Waals surface area contributed by atoms with Gasteiger partial charge in [0.2, 0.25) is 5.91 Å². The van der Waals surface area contributed by atoms with E-state index in [-0.39, 0.29) is 12.5 Å². The van der Waals surface area contributed by atoms with E-state index in [9.17, 15) is 14.7 Å². The minimum Gasteiger partial charge on any atom is -0.480 e. The van der Waals surface area contributed by atoms with Crippen molar-refractivity contribution in [2.75, 3.05) is 0 Å². The van der Waals surface area contributed by atoms with Gasteiger partial charge in [-0.3, -0.25) is 14.6 Å². The number of aliphatic carboxylic acids is 1. The Labute approximate surface area is 105 Å². The highest BCUT2D eigenvalue weighted by Gasteiger charge is 2.43. The number of hydrogen-bond donors (Lipinski definition) is 2. The molecule has 1 atom stereocenters. The quantitative estimate of drug-likeness (QED) is 0.762. The molecule has 0 aliphatic heterocycles. The number of amides is 1. The number of rotatable bonds is 5. The van der Waals surface area contributed by atoms with Crippen LogP contribution in [0.5, 0.6) is 0 Å². The summed E-state index contributed by atoms with van der Waals surface area (Å²) in [7, 11) is 0. The lowest BCUT2D eigenvalue weighted by Crippen LogP contribution is -2.46. The van der Waals surface area contributed by atoms with Crippen LogP contribution in [-0.2, 0) is 16.0 Å². The van der Waals surface area contributed by atoms with Crippen LogP contribution in [-0.4, -0.2) is 28.0 Å². The van der Waals surface area contributed by atoms with E-state index in [0.29, 0.717) is 0 Å². The summed E-state index contributed by atoms with van der Waals surface area (Å²) in [6.07, 6.45) is 5.23. The zero-order valence-corrected chi connectivity index (χ0v) is 10.2. The van der Waals surface area contributed by atoms with Gasteiger partial charge < -0.3 is 10.4 Å². The second-order valence-corrected chi connectivity index (χ2v) is 4.92. The highest BCUT2D eigenvalue weighted by Crippen LogP contribution is 2.26. The molecule has 2 N–H and O–H groups in total. The number of carboxylic acid groups (broad SMARTS) is 1. The summed E-state index contributed by atoms with van der Waals surface area (Å²) >= 11 is 0. The Morgan fingerprint density at radius 1 is 1.56 bits per heavy atom. The van der Waals surface area contributed by atoms with Crippen LogP contribution >= 0.6 is 0 Å². The van der Waals surface area contributed by atoms with Crippen molar-refractivity contribution in [2.24, 2.45) is 5.41 Å². The topological polar surface area (TPSA) is 79.3 Å². The smallest absolute Gasteiger partial charge is 0.319 e. The first kappa shape index (κ1) is 12.5. The van der Waals surface area contributed by atoms with Gasteiger partial charge in [0.1, 0.15) is 5.41 Å². The molecule has 0 aromatic carbocycles. The van der Waals surface area contributed by atoms with Gasteiger partial charge in [0.05, 0.1) is 0 Å². The molecule has 0 saturated heterocycles. The molecule has 96 valence electrons. The number of carboxylic acids is 1. The standard InChI is InChI=1S/C13H16N2O3/c1-13(12(17)18,11(16)15-10-4-5-10)7-9-3-2-6-14-8-9/h2-3,6,8,10H,4-5,7H2,1H3,(H,15,16)(H,17,18). The molecule has 5 heteroatoms. The summed E-state index contributed by atoms with van der Waals surface area (Å²) in [4.78, 5) is 27.4. The Kier molecular flexibility index (Phi) is 3.32. The van der Waals surface area contributed by atoms with Crippen LogP contribution in [0.1, 0.15) is 25.3 Å². The van der Waals surface area contributed by atoms with Crippen LogP contribution in [0, 0.1) is 5.41 Å². The maximum Gasteiger partial charge on any atom is 0.319 e. The molecule has 1 saturated carbocycles. The SMILES string of the molecule is CC(Cc1cccnc1)(C(=O)O)C(=O)NC1CC1. The maximum atomic E-state index is 12.0. The van der Waals surface area contributed by atoms with Gasteiger partial charge in [-0.15, -0.1) is 0 Å². The van der Waals surface area contributed by atoms with Crippen molar-refractivity contribution in [3.8, 4) is 0 Å². The molecule has 1 fully saturated rings. The normalized spacial score (nSPS) is 17.8. The molecular formula is C13H16N2O3. The number of pyridine rings is 1. The Bertz CT molecular complexity index is 457. The van der Waals surface area contributed by atoms with E-state index in [1.54, 1.807) is 24.5 Å². The Balaban J connectivity index is 2.15. The van der Waals surface area contributed by atoms with Crippen LogP contribution in [0.25, 0.3) is 0 Å². The average molecular weight is 248 g/mol. The molecule has 1 aromatic rings. The molecule has 1 unspecified atom stereocenters. The fourth-order valence-corrected chi connectivity index (χ4v) is 1.74. The van der Waals surface area contributed by atoms with Gasteiger partial charge in [-0.25, -0.2) is 0 Å². The average Bonchev–Trinajstić information content (AvgIpc) is 3.13. The highest BCUT2D eigenvalue weighted by atomic mass is 16.4. The van der Waals surface area contributed by atoms with Crippen molar-refractivity contribution >= 4 is 11.9 Å². The predicted molar refractivity (Wildman–Crippen MR) is 64.8 cm³/mol. The van der Waals surface area contributed by atoms with Crippen LogP contribution in [0.4, 0.5) is 0 Å². The Hall–Kier alpha value is -1.91. The third-order valence-electron chi connectivity index (χ3n) is 3.17. The van der Waals surface area contributed by atoms with E-state index in [1.165, 1.54) is 6.92 Å². The lowest BCUT2D eigenvalue weighted by molar-refractivity contribution is -0.154. The van der Waals surface area contributed by atoms with E-state index in [0.717, 1.165) is 18.4 Å². The zero-order chi connectivity index (χ0) is 13.2. The number of carbonyl (C=O) groups is 2. The zero-order valence-electron chi connectivity index (χ0n) is 10.2. The maximum absolute atomic E-state index is 12.0. The number of hydrogen-bond acceptors (Lipinski definition) is 3. The van der Waals surface area contributed by atoms with E-state index >= 15 is 0 Å². The number of nitrogens with one attached hydrogen (secondary N) is 1. The predicted octanol–water partition coefficient (Wildman–Crippen LogP) is 0.994. The number of nitrogens with zero attached hydrogens (tertiary/aromatic N) is 1. The van der Waals surface area contributed by atoms with Gasteiger partial charge in [0, 0.05) is 18.4 Å². The van der Waals surface area contributed by atoms with Gasteiger partial charge in [-0.05, 0) is 37.8 Å². The molecular weight excluding hydrogens is 232 g/mol. The highest BCUT2D eigenvalue weighted by molar-refractivity contribution is 6.02. The molecule has 5 nitrogen and oxygen atoms in total. The summed E-state index contributed by atoms with van der Waals surface area (Å²) in [6, 6.07) is 3.67. The minimum atomic E-state index is -1.44. The molecule has 0 spiro atoms. The van der Waals surface area contributed by atoms with Gasteiger partial charge in [-0.2, -0.15) is 0 Å². The fraction of sp³-hybridized carbons (Fsp3) is 0.462. The van der Waals surface area contributed by atoms with Crippen molar-refractivity contribution in [2.45, 2.75) is 32.2 Å². The van der Waals surface area contributed by atoms with Gasteiger partial charge in [0.15, 0.2) is 0 Å². The second kappa shape index (κ2) is 4.76. The number of carbonyl (C=O) groups excluding carboxylic acids is 1. The number of aromatic nitrogens is 1. The molecule has 1 amide bonds. The molecule has 0 radical (unpaired) electrons. The van der Waals surface area contributed by atoms with Gasteiger partial charge in [-0.1, -0.05) is 6.07 Å². The molecule has 1 heterocycles. The first-order chi connectivity index (χ1) is 8.52. The fourth-order valence-electron chi connectivity index (χ4n) is 1.74. The van der Waals surface area contributed by atoms with Crippen molar-refractivity contribution < 1.29 is 14.7 Å². The van der Waals surface area contributed by atoms with Crippen LogP contribution in [0.2, 0.25) is 0 Å². The first-order valence-electron chi connectivity index (χ1n) is 5.95. The van der Waals surface area contributed by atoms with Gasteiger partial charge >= 0.3 is 5.97 Å². The lowest BCUT2D eigenvalue weighted by Gasteiger charge is -2.23. The van der Waals surface area contributed by atoms with Crippen molar-refractivity contribution in [3.05, 3.63) is 30.1 Å². The summed E-state index contributed by atoms with van der Waals surface area (Å²) in [6.45, 7) is 1.46. The van der Waals surface area contributed by atoms with E-state index in [2.05, 4.69) is 10.3 Å². The largest absolute Gasteiger partial charge is 0.480 e. The summed E-state index contributed by atoms with van der Waals surface area (Å²) in [5, 5.41) is 12.1. The molecule has 18 heavy (non-hydrogen) atoms. The minimum absolute atomic E-state index is 0.148. The van der Waals surface area contributed by atoms with Crippen molar-refractivity contribution in [3.63, 3.8) is 0 Å². The molecule has 1 aliphatic rings. The van der Waals surface area contributed by atoms with Crippen LogP contribution in [0.15, 0.2) is 24.5 Å². The lowest BCUT2D eigenvalue weighted by atomic mass is 9.83. The molecule has 1 aliphatic carbocycles. The van der Waals surface area contributed by atoms with E-state index < -0.39 is 17.3 Å². The Morgan fingerprint density at radius 3 is 2.78 bits per heavy atom. The molecule has 0 bridgehead atoms. The Morgan fingerprint density at radius 2 is 2.28 bits per heavy atom. The third kappa shape index (κ3) is 2.67. The first-order valence-corrected chi connectivity index (χ1v) is 5.95. The summed E-state index contributed by atoms with van der Waals surface area (Å²) < 4.78 is 0. The monoisotopic (exact) mass is 248 g/mol. The molecule has 1 aromatic heterocycles. The van der Waals surface area contributed by atoms with E-state index in [1.807, 2.05) is 0 Å². The molecule has 2 rings (SSSR count). The van der Waals surface area contributed by atoms with Crippen molar-refractivity contribution in [1.29, 1.82) is 0 Å². The van der Waals surface area contributed by atoms with Crippen LogP contribution in [0.3, 0.4) is 0 Å². The second-order valence-electron chi connectivity index (χ2n) is 4.92. The summed E-state index contributed by atoms with van der Waals surface area (Å²) in [5.74, 6) is -1.52. The van der Waals surface area contributed by atoms with Gasteiger partial charge in [0.25, 0.3) is 0 Å². The summed E-state index contributed by atoms with van der Waals surface area (Å²) in [5.41, 5.74) is -0.695. The van der Waals surface area contributed by atoms with Crippen LogP contribution < -0.4 is 5.32 Å². The van der Waals surface area contributed by atoms with Crippen molar-refractivity contribution in [1.82, 2.24) is 10.3 Å². The third-order valence-corrected chi connectivity index (χ3v) is 3.17. The van der Waals surface area contributed by atoms with E-state index in [4.69, 9.17) is 0 Å².